The second-order valence-electron chi connectivity index (χ2n) is 4.22. The molecule has 2 rings (SSSR count). The van der Waals surface area contributed by atoms with Gasteiger partial charge in [-0.2, -0.15) is 0 Å². The summed E-state index contributed by atoms with van der Waals surface area (Å²) in [6.07, 6.45) is 0. The largest absolute Gasteiger partial charge is 0.491 e. The summed E-state index contributed by atoms with van der Waals surface area (Å²) in [4.78, 5) is -0.0562. The van der Waals surface area contributed by atoms with Crippen LogP contribution < -0.4 is 15.2 Å². The molecule has 0 fully saturated rings. The van der Waals surface area contributed by atoms with Crippen molar-refractivity contribution in [1.29, 1.82) is 0 Å². The highest BCUT2D eigenvalue weighted by Crippen LogP contribution is 2.25. The summed E-state index contributed by atoms with van der Waals surface area (Å²) in [5.41, 5.74) is 5.86. The van der Waals surface area contributed by atoms with Gasteiger partial charge in [0.2, 0.25) is 0 Å². The van der Waals surface area contributed by atoms with Gasteiger partial charge in [-0.3, -0.25) is 4.72 Å². The van der Waals surface area contributed by atoms with Gasteiger partial charge in [0.05, 0.1) is 18.0 Å². The number of nitrogen functional groups attached to an aromatic ring is 1. The smallest absolute Gasteiger partial charge is 0.263 e. The van der Waals surface area contributed by atoms with Crippen molar-refractivity contribution in [3.8, 4) is 5.75 Å². The van der Waals surface area contributed by atoms with E-state index < -0.39 is 15.8 Å². The molecular formula is C14H15FN2O3S. The quantitative estimate of drug-likeness (QED) is 0.832. The van der Waals surface area contributed by atoms with Crippen LogP contribution in [0.4, 0.5) is 15.8 Å². The van der Waals surface area contributed by atoms with E-state index in [0.717, 1.165) is 6.07 Å². The normalized spacial score (nSPS) is 11.1. The fraction of sp³-hybridized carbons (Fsp3) is 0.143. The average Bonchev–Trinajstić information content (AvgIpc) is 2.42. The first-order chi connectivity index (χ1) is 9.94. The molecule has 3 N–H and O–H groups in total. The van der Waals surface area contributed by atoms with E-state index in [2.05, 4.69) is 4.72 Å². The molecule has 0 saturated heterocycles. The van der Waals surface area contributed by atoms with E-state index in [-0.39, 0.29) is 22.0 Å². The van der Waals surface area contributed by atoms with Crippen LogP contribution in [0.25, 0.3) is 0 Å². The van der Waals surface area contributed by atoms with Crippen LogP contribution in [-0.4, -0.2) is 15.0 Å². The maximum atomic E-state index is 13.7. The van der Waals surface area contributed by atoms with Crippen LogP contribution in [0.15, 0.2) is 47.4 Å². The minimum atomic E-state index is -3.87. The number of rotatable bonds is 5. The van der Waals surface area contributed by atoms with E-state index >= 15 is 0 Å². The third-order valence-corrected chi connectivity index (χ3v) is 4.15. The molecule has 0 spiro atoms. The zero-order valence-electron chi connectivity index (χ0n) is 11.3. The molecular weight excluding hydrogens is 295 g/mol. The van der Waals surface area contributed by atoms with Gasteiger partial charge >= 0.3 is 0 Å². The highest BCUT2D eigenvalue weighted by atomic mass is 32.2. The van der Waals surface area contributed by atoms with Gasteiger partial charge in [-0.1, -0.05) is 12.1 Å². The van der Waals surface area contributed by atoms with E-state index in [1.165, 1.54) is 24.3 Å². The summed E-state index contributed by atoms with van der Waals surface area (Å²) in [6, 6.07) is 9.89. The number of ether oxygens (including phenoxy) is 1. The molecule has 0 aliphatic heterocycles. The topological polar surface area (TPSA) is 81.4 Å². The number of hydrogen-bond acceptors (Lipinski definition) is 4. The predicted molar refractivity (Wildman–Crippen MR) is 79.2 cm³/mol. The summed E-state index contributed by atoms with van der Waals surface area (Å²) < 4.78 is 45.4. The van der Waals surface area contributed by atoms with Crippen LogP contribution in [0.1, 0.15) is 6.92 Å². The minimum absolute atomic E-state index is 0.0562. The monoisotopic (exact) mass is 310 g/mol. The van der Waals surface area contributed by atoms with E-state index in [1.807, 2.05) is 0 Å². The Bertz CT molecular complexity index is 748. The second kappa shape index (κ2) is 6.01. The zero-order valence-corrected chi connectivity index (χ0v) is 12.2. The van der Waals surface area contributed by atoms with Crippen LogP contribution in [0.3, 0.4) is 0 Å². The van der Waals surface area contributed by atoms with Gasteiger partial charge in [-0.15, -0.1) is 0 Å². The number of benzene rings is 2. The standard InChI is InChI=1S/C14H15FN2O3S/c1-2-20-13-8-7-10(9-11(13)15)17-21(18,19)14-6-4-3-5-12(14)16/h3-9,17H,2,16H2,1H3. The van der Waals surface area contributed by atoms with Crippen molar-refractivity contribution in [3.63, 3.8) is 0 Å². The molecule has 7 heteroatoms. The molecule has 21 heavy (non-hydrogen) atoms. The summed E-state index contributed by atoms with van der Waals surface area (Å²) in [5, 5.41) is 0. The number of nitrogens with one attached hydrogen (secondary N) is 1. The van der Waals surface area contributed by atoms with Crippen LogP contribution in [-0.2, 0) is 10.0 Å². The highest BCUT2D eigenvalue weighted by molar-refractivity contribution is 7.92. The lowest BCUT2D eigenvalue weighted by Crippen LogP contribution is -2.14. The molecule has 0 aliphatic carbocycles. The predicted octanol–water partition coefficient (Wildman–Crippen LogP) is 2.61. The summed E-state index contributed by atoms with van der Waals surface area (Å²) in [5.74, 6) is -0.572. The molecule has 0 radical (unpaired) electrons. The van der Waals surface area contributed by atoms with Crippen molar-refractivity contribution in [3.05, 3.63) is 48.3 Å². The minimum Gasteiger partial charge on any atom is -0.491 e. The van der Waals surface area contributed by atoms with E-state index in [1.54, 1.807) is 19.1 Å². The Hall–Kier alpha value is -2.28. The van der Waals surface area contributed by atoms with Gasteiger partial charge in [0.15, 0.2) is 11.6 Å². The van der Waals surface area contributed by atoms with Gasteiger partial charge in [0.1, 0.15) is 4.90 Å². The van der Waals surface area contributed by atoms with Gasteiger partial charge in [0.25, 0.3) is 10.0 Å². The van der Waals surface area contributed by atoms with E-state index in [9.17, 15) is 12.8 Å². The number of anilines is 2. The molecule has 0 atom stereocenters. The number of hydrogen-bond donors (Lipinski definition) is 2. The molecule has 0 saturated carbocycles. The molecule has 2 aromatic rings. The van der Waals surface area contributed by atoms with Gasteiger partial charge in [0, 0.05) is 6.07 Å². The first kappa shape index (κ1) is 15.1. The second-order valence-corrected chi connectivity index (χ2v) is 5.87. The van der Waals surface area contributed by atoms with Crippen molar-refractivity contribution < 1.29 is 17.5 Å². The molecule has 2 aromatic carbocycles. The fourth-order valence-corrected chi connectivity index (χ4v) is 2.96. The van der Waals surface area contributed by atoms with Gasteiger partial charge in [-0.25, -0.2) is 12.8 Å². The van der Waals surface area contributed by atoms with Crippen molar-refractivity contribution >= 4 is 21.4 Å². The molecule has 0 bridgehead atoms. The van der Waals surface area contributed by atoms with Crippen LogP contribution in [0.5, 0.6) is 5.75 Å². The molecule has 5 nitrogen and oxygen atoms in total. The Morgan fingerprint density at radius 2 is 1.95 bits per heavy atom. The molecule has 0 aromatic heterocycles. The zero-order chi connectivity index (χ0) is 15.5. The SMILES string of the molecule is CCOc1ccc(NS(=O)(=O)c2ccccc2N)cc1F. The molecule has 0 amide bonds. The average molecular weight is 310 g/mol. The lowest BCUT2D eigenvalue weighted by molar-refractivity contribution is 0.321. The Balaban J connectivity index is 2.29. The first-order valence-electron chi connectivity index (χ1n) is 6.23. The third kappa shape index (κ3) is 3.43. The maximum absolute atomic E-state index is 13.7. The van der Waals surface area contributed by atoms with Crippen molar-refractivity contribution in [1.82, 2.24) is 0 Å². The Labute approximate surface area is 122 Å². The molecule has 112 valence electrons. The lowest BCUT2D eigenvalue weighted by Gasteiger charge is -2.11. The van der Waals surface area contributed by atoms with Crippen LogP contribution >= 0.6 is 0 Å². The first-order valence-corrected chi connectivity index (χ1v) is 7.72. The van der Waals surface area contributed by atoms with Crippen LogP contribution in [0.2, 0.25) is 0 Å². The van der Waals surface area contributed by atoms with Crippen molar-refractivity contribution in [2.75, 3.05) is 17.1 Å². The number of nitrogens with two attached hydrogens (primary N) is 1. The Morgan fingerprint density at radius 3 is 2.57 bits per heavy atom. The molecule has 0 unspecified atom stereocenters. The number of para-hydroxylation sites is 1. The third-order valence-electron chi connectivity index (χ3n) is 2.69. The summed E-state index contributed by atoms with van der Waals surface area (Å²) in [6.45, 7) is 2.05. The lowest BCUT2D eigenvalue weighted by atomic mass is 10.3. The number of halogens is 1. The van der Waals surface area contributed by atoms with Crippen LogP contribution in [0, 0.1) is 5.82 Å². The fourth-order valence-electron chi connectivity index (χ4n) is 1.77. The van der Waals surface area contributed by atoms with Crippen molar-refractivity contribution in [2.24, 2.45) is 0 Å². The summed E-state index contributed by atoms with van der Waals surface area (Å²) in [7, 11) is -3.87. The van der Waals surface area contributed by atoms with Crippen molar-refractivity contribution in [2.45, 2.75) is 11.8 Å². The van der Waals surface area contributed by atoms with Gasteiger partial charge in [-0.05, 0) is 31.2 Å². The Kier molecular flexibility index (Phi) is 4.32. The maximum Gasteiger partial charge on any atom is 0.263 e. The highest BCUT2D eigenvalue weighted by Gasteiger charge is 2.17. The number of sulfonamides is 1. The molecule has 0 aliphatic rings. The van der Waals surface area contributed by atoms with E-state index in [4.69, 9.17) is 10.5 Å². The summed E-state index contributed by atoms with van der Waals surface area (Å²) >= 11 is 0. The molecule has 0 heterocycles. The Morgan fingerprint density at radius 1 is 1.24 bits per heavy atom. The van der Waals surface area contributed by atoms with E-state index in [0.29, 0.717) is 6.61 Å². The van der Waals surface area contributed by atoms with Gasteiger partial charge < -0.3 is 10.5 Å².